The lowest BCUT2D eigenvalue weighted by molar-refractivity contribution is 0.755. The molecule has 0 aromatic heterocycles. The summed E-state index contributed by atoms with van der Waals surface area (Å²) in [4.78, 5) is 0. The highest BCUT2D eigenvalue weighted by atomic mass is 14.9. The summed E-state index contributed by atoms with van der Waals surface area (Å²) in [6, 6.07) is 8.56. The highest BCUT2D eigenvalue weighted by molar-refractivity contribution is 5.58. The lowest BCUT2D eigenvalue weighted by Gasteiger charge is -2.10. The van der Waals surface area contributed by atoms with Gasteiger partial charge in [-0.3, -0.25) is 0 Å². The monoisotopic (exact) mass is 225 g/mol. The Labute approximate surface area is 104 Å². The normalized spacial score (nSPS) is 19.1. The molecule has 88 valence electrons. The number of allylic oxidation sites excluding steroid dienone is 5. The number of hydrogen-bond acceptors (Lipinski definition) is 1. The Morgan fingerprint density at radius 3 is 3.06 bits per heavy atom. The summed E-state index contributed by atoms with van der Waals surface area (Å²) in [6.07, 6.45) is 9.28. The van der Waals surface area contributed by atoms with Gasteiger partial charge in [-0.2, -0.15) is 0 Å². The number of benzene rings is 1. The summed E-state index contributed by atoms with van der Waals surface area (Å²) in [7, 11) is 0. The Hall–Kier alpha value is -1.76. The number of anilines is 1. The van der Waals surface area contributed by atoms with Crippen LogP contribution in [0, 0.1) is 0 Å². The van der Waals surface area contributed by atoms with E-state index < -0.39 is 0 Å². The van der Waals surface area contributed by atoms with E-state index in [1.165, 1.54) is 16.8 Å². The maximum Gasteiger partial charge on any atom is 0.0376 e. The molecule has 1 nitrogen and oxygen atoms in total. The second-order valence-corrected chi connectivity index (χ2v) is 4.34. The number of para-hydroxylation sites is 1. The van der Waals surface area contributed by atoms with Gasteiger partial charge >= 0.3 is 0 Å². The van der Waals surface area contributed by atoms with Crippen LogP contribution in [0.2, 0.25) is 0 Å². The van der Waals surface area contributed by atoms with E-state index in [1.54, 1.807) is 0 Å². The van der Waals surface area contributed by atoms with Crippen LogP contribution in [-0.2, 0) is 0 Å². The lowest BCUT2D eigenvalue weighted by Crippen LogP contribution is -2.02. The van der Waals surface area contributed by atoms with E-state index in [-0.39, 0.29) is 0 Å². The van der Waals surface area contributed by atoms with E-state index in [4.69, 9.17) is 0 Å². The van der Waals surface area contributed by atoms with Crippen molar-refractivity contribution >= 4 is 5.69 Å². The van der Waals surface area contributed by atoms with Crippen LogP contribution in [-0.4, -0.2) is 6.54 Å². The van der Waals surface area contributed by atoms with Crippen molar-refractivity contribution in [2.24, 2.45) is 0 Å². The molecule has 1 N–H and O–H groups in total. The molecule has 1 heteroatoms. The molecule has 0 spiro atoms. The van der Waals surface area contributed by atoms with Crippen molar-refractivity contribution in [1.29, 1.82) is 0 Å². The zero-order valence-electron chi connectivity index (χ0n) is 10.3. The topological polar surface area (TPSA) is 12.0 Å². The average Bonchev–Trinajstić information content (AvgIpc) is 2.78. The van der Waals surface area contributed by atoms with Crippen LogP contribution < -0.4 is 5.32 Å². The van der Waals surface area contributed by atoms with Crippen molar-refractivity contribution in [1.82, 2.24) is 0 Å². The van der Waals surface area contributed by atoms with Crippen molar-refractivity contribution in [3.05, 3.63) is 66.3 Å². The highest BCUT2D eigenvalue weighted by Crippen LogP contribution is 2.35. The molecule has 17 heavy (non-hydrogen) atoms. The molecule has 1 unspecified atom stereocenters. The molecule has 0 fully saturated rings. The maximum atomic E-state index is 3.89. The second-order valence-electron chi connectivity index (χ2n) is 4.34. The van der Waals surface area contributed by atoms with Crippen molar-refractivity contribution < 1.29 is 0 Å². The Balaban J connectivity index is 2.13. The standard InChI is InChI=1S/C16H19N/c1-3-5-8-13(4-2)11-14-12-17-16-10-7-6-9-15(14)16/h3-10,14,17H,2,11-12H2,1H3/b5-3-,13-8+. The predicted molar refractivity (Wildman–Crippen MR) is 75.4 cm³/mol. The third-order valence-corrected chi connectivity index (χ3v) is 3.19. The van der Waals surface area contributed by atoms with Crippen LogP contribution in [0.4, 0.5) is 5.69 Å². The van der Waals surface area contributed by atoms with Gasteiger partial charge in [0.1, 0.15) is 0 Å². The lowest BCUT2D eigenvalue weighted by atomic mass is 9.93. The van der Waals surface area contributed by atoms with E-state index in [2.05, 4.69) is 48.3 Å². The largest absolute Gasteiger partial charge is 0.384 e. The smallest absolute Gasteiger partial charge is 0.0376 e. The quantitative estimate of drug-likeness (QED) is 0.754. The van der Waals surface area contributed by atoms with Crippen molar-refractivity contribution in [3.8, 4) is 0 Å². The second kappa shape index (κ2) is 5.53. The molecule has 1 aromatic carbocycles. The van der Waals surface area contributed by atoms with E-state index in [0.717, 1.165) is 13.0 Å². The first-order valence-electron chi connectivity index (χ1n) is 6.12. The Kier molecular flexibility index (Phi) is 3.81. The molecule has 0 aliphatic carbocycles. The maximum absolute atomic E-state index is 3.89. The number of hydrogen-bond donors (Lipinski definition) is 1. The molecule has 0 bridgehead atoms. The molecule has 0 saturated heterocycles. The summed E-state index contributed by atoms with van der Waals surface area (Å²) in [6.45, 7) is 6.95. The van der Waals surface area contributed by atoms with Crippen LogP contribution in [0.5, 0.6) is 0 Å². The van der Waals surface area contributed by atoms with Gasteiger partial charge in [0.2, 0.25) is 0 Å². The molecule has 2 rings (SSSR count). The molecule has 0 amide bonds. The van der Waals surface area contributed by atoms with Crippen LogP contribution in [0.1, 0.15) is 24.8 Å². The molecule has 1 heterocycles. The number of fused-ring (bicyclic) bond motifs is 1. The zero-order chi connectivity index (χ0) is 12.1. The molecular weight excluding hydrogens is 206 g/mol. The van der Waals surface area contributed by atoms with Crippen LogP contribution in [0.15, 0.2) is 60.7 Å². The Morgan fingerprint density at radius 1 is 1.47 bits per heavy atom. The molecule has 1 atom stereocenters. The predicted octanol–water partition coefficient (Wildman–Crippen LogP) is 4.27. The summed E-state index contributed by atoms with van der Waals surface area (Å²) in [5.74, 6) is 0.570. The van der Waals surface area contributed by atoms with E-state index in [1.807, 2.05) is 19.1 Å². The highest BCUT2D eigenvalue weighted by Gasteiger charge is 2.21. The minimum atomic E-state index is 0.570. The third kappa shape index (κ3) is 2.68. The van der Waals surface area contributed by atoms with Crippen LogP contribution in [0.3, 0.4) is 0 Å². The van der Waals surface area contributed by atoms with Crippen molar-refractivity contribution in [3.63, 3.8) is 0 Å². The average molecular weight is 225 g/mol. The fraction of sp³-hybridized carbons (Fsp3) is 0.250. The number of nitrogens with one attached hydrogen (secondary N) is 1. The van der Waals surface area contributed by atoms with E-state index >= 15 is 0 Å². The molecule has 0 saturated carbocycles. The Bertz CT molecular complexity index is 454. The van der Waals surface area contributed by atoms with E-state index in [0.29, 0.717) is 5.92 Å². The minimum Gasteiger partial charge on any atom is -0.384 e. The summed E-state index contributed by atoms with van der Waals surface area (Å²) < 4.78 is 0. The summed E-state index contributed by atoms with van der Waals surface area (Å²) in [5, 5.41) is 3.46. The molecule has 1 aliphatic heterocycles. The molecular formula is C16H19N. The van der Waals surface area contributed by atoms with Gasteiger partial charge in [0.15, 0.2) is 0 Å². The van der Waals surface area contributed by atoms with Gasteiger partial charge in [0, 0.05) is 18.2 Å². The first kappa shape index (κ1) is 11.7. The zero-order valence-corrected chi connectivity index (χ0v) is 10.3. The SMILES string of the molecule is C=C/C(=C\C=C/C)CC1CNc2ccccc21. The van der Waals surface area contributed by atoms with Crippen LogP contribution >= 0.6 is 0 Å². The molecule has 1 aliphatic rings. The molecule has 1 aromatic rings. The van der Waals surface area contributed by atoms with Crippen molar-refractivity contribution in [2.75, 3.05) is 11.9 Å². The van der Waals surface area contributed by atoms with Gasteiger partial charge < -0.3 is 5.32 Å². The number of rotatable bonds is 4. The first-order valence-corrected chi connectivity index (χ1v) is 6.12. The van der Waals surface area contributed by atoms with E-state index in [9.17, 15) is 0 Å². The summed E-state index contributed by atoms with van der Waals surface area (Å²) in [5.41, 5.74) is 4.01. The Morgan fingerprint density at radius 2 is 2.29 bits per heavy atom. The fourth-order valence-corrected chi connectivity index (χ4v) is 2.26. The van der Waals surface area contributed by atoms with Gasteiger partial charge in [-0.05, 0) is 30.5 Å². The van der Waals surface area contributed by atoms with Crippen LogP contribution in [0.25, 0.3) is 0 Å². The molecule has 0 radical (unpaired) electrons. The fourth-order valence-electron chi connectivity index (χ4n) is 2.26. The first-order chi connectivity index (χ1) is 8.35. The van der Waals surface area contributed by atoms with Gasteiger partial charge in [0.25, 0.3) is 0 Å². The van der Waals surface area contributed by atoms with Gasteiger partial charge in [-0.1, -0.05) is 49.1 Å². The van der Waals surface area contributed by atoms with Crippen molar-refractivity contribution in [2.45, 2.75) is 19.3 Å². The van der Waals surface area contributed by atoms with Gasteiger partial charge in [-0.25, -0.2) is 0 Å². The third-order valence-electron chi connectivity index (χ3n) is 3.19. The summed E-state index contributed by atoms with van der Waals surface area (Å²) >= 11 is 0. The minimum absolute atomic E-state index is 0.570. The van der Waals surface area contributed by atoms with Gasteiger partial charge in [-0.15, -0.1) is 0 Å². The van der Waals surface area contributed by atoms with Gasteiger partial charge in [0.05, 0.1) is 0 Å².